The molecule has 1 aliphatic heterocycles. The van der Waals surface area contributed by atoms with Crippen LogP contribution in [0.4, 0.5) is 5.82 Å². The van der Waals surface area contributed by atoms with E-state index in [4.69, 9.17) is 9.72 Å². The number of anilines is 1. The Kier molecular flexibility index (Phi) is 6.95. The number of piperazine rings is 1. The summed E-state index contributed by atoms with van der Waals surface area (Å²) in [5.74, 6) is 1.13. The van der Waals surface area contributed by atoms with Gasteiger partial charge in [0.1, 0.15) is 23.7 Å². The highest BCUT2D eigenvalue weighted by Gasteiger charge is 2.32. The summed E-state index contributed by atoms with van der Waals surface area (Å²) in [6.45, 7) is 13.3. The molecular formula is C27H30N6O. The molecule has 0 bridgehead atoms. The largest absolute Gasteiger partial charge is 0.384 e. The molecule has 0 N–H and O–H groups in total. The summed E-state index contributed by atoms with van der Waals surface area (Å²) < 4.78 is 5.21. The van der Waals surface area contributed by atoms with Gasteiger partial charge in [-0.25, -0.2) is 9.97 Å². The van der Waals surface area contributed by atoms with Crippen molar-refractivity contribution in [3.05, 3.63) is 59.7 Å². The van der Waals surface area contributed by atoms with Gasteiger partial charge in [-0.05, 0) is 49.6 Å². The van der Waals surface area contributed by atoms with Gasteiger partial charge in [0.15, 0.2) is 0 Å². The predicted molar refractivity (Wildman–Crippen MR) is 133 cm³/mol. The summed E-state index contributed by atoms with van der Waals surface area (Å²) in [6, 6.07) is 10.4. The van der Waals surface area contributed by atoms with Crippen molar-refractivity contribution in [1.82, 2.24) is 14.9 Å². The summed E-state index contributed by atoms with van der Waals surface area (Å²) in [6.07, 6.45) is 4.61. The lowest BCUT2D eigenvalue weighted by Crippen LogP contribution is -2.51. The molecule has 1 unspecified atom stereocenters. The van der Waals surface area contributed by atoms with Crippen molar-refractivity contribution in [3.8, 4) is 23.3 Å². The maximum absolute atomic E-state index is 10.0. The Morgan fingerprint density at radius 1 is 1.21 bits per heavy atom. The highest BCUT2D eigenvalue weighted by molar-refractivity contribution is 5.74. The minimum Gasteiger partial charge on any atom is -0.384 e. The maximum Gasteiger partial charge on any atom is 0.147 e. The molecule has 2 aromatic heterocycles. The molecule has 2 aromatic rings. The first kappa shape index (κ1) is 23.5. The number of ether oxygens (including phenoxy) is 1. The van der Waals surface area contributed by atoms with Crippen LogP contribution in [0.5, 0.6) is 0 Å². The molecule has 7 heteroatoms. The Hall–Kier alpha value is -3.68. The quantitative estimate of drug-likeness (QED) is 0.581. The normalized spacial score (nSPS) is 17.7. The van der Waals surface area contributed by atoms with Crippen LogP contribution in [0.15, 0.2) is 37.1 Å². The summed E-state index contributed by atoms with van der Waals surface area (Å²) >= 11 is 0. The fourth-order valence-electron chi connectivity index (χ4n) is 4.59. The first-order chi connectivity index (χ1) is 16.5. The second-order valence-electron chi connectivity index (χ2n) is 8.96. The smallest absolute Gasteiger partial charge is 0.147 e. The topological polar surface area (TPSA) is 89.1 Å². The third kappa shape index (κ3) is 4.81. The minimum atomic E-state index is 0.254. The third-order valence-corrected chi connectivity index (χ3v) is 6.52. The van der Waals surface area contributed by atoms with Gasteiger partial charge < -0.3 is 14.5 Å². The molecule has 174 valence electrons. The van der Waals surface area contributed by atoms with Crippen molar-refractivity contribution in [3.63, 3.8) is 0 Å². The Bertz CT molecular complexity index is 1190. The monoisotopic (exact) mass is 454 g/mol. The van der Waals surface area contributed by atoms with Gasteiger partial charge in [0.05, 0.1) is 23.6 Å². The Balaban J connectivity index is 1.68. The zero-order valence-electron chi connectivity index (χ0n) is 19.9. The summed E-state index contributed by atoms with van der Waals surface area (Å²) in [5, 5.41) is 19.5. The van der Waals surface area contributed by atoms with Gasteiger partial charge in [0.25, 0.3) is 0 Å². The van der Waals surface area contributed by atoms with Crippen LogP contribution in [0.1, 0.15) is 54.7 Å². The van der Waals surface area contributed by atoms with Crippen LogP contribution >= 0.6 is 0 Å². The number of methoxy groups -OCH3 is 1. The van der Waals surface area contributed by atoms with Gasteiger partial charge in [-0.15, -0.1) is 0 Å². The summed E-state index contributed by atoms with van der Waals surface area (Å²) in [4.78, 5) is 13.9. The number of aromatic nitrogens is 2. The van der Waals surface area contributed by atoms with E-state index in [1.165, 1.54) is 0 Å². The van der Waals surface area contributed by atoms with Crippen molar-refractivity contribution >= 4 is 11.9 Å². The first-order valence-electron chi connectivity index (χ1n) is 11.7. The van der Waals surface area contributed by atoms with Crippen LogP contribution in [0.2, 0.25) is 0 Å². The molecule has 1 atom stereocenters. The lowest BCUT2D eigenvalue weighted by atomic mass is 9.98. The van der Waals surface area contributed by atoms with Gasteiger partial charge in [0, 0.05) is 56.4 Å². The molecule has 1 saturated carbocycles. The standard InChI is InChI=1S/C27H30N6O/c1-5-23-12-21(13-24(16-29)30-23)25-14-22(15-28)27(31-26(25)20-6-7-20)32-9-10-33(19(3)17-32)18(2)8-11-34-4/h5,12-14,19-20H,1-2,6-11,17H2,3-4H3. The highest BCUT2D eigenvalue weighted by atomic mass is 16.5. The zero-order valence-corrected chi connectivity index (χ0v) is 19.9. The van der Waals surface area contributed by atoms with Crippen LogP contribution in [0.25, 0.3) is 17.2 Å². The molecule has 0 amide bonds. The van der Waals surface area contributed by atoms with E-state index < -0.39 is 0 Å². The molecule has 1 saturated heterocycles. The molecule has 34 heavy (non-hydrogen) atoms. The first-order valence-corrected chi connectivity index (χ1v) is 11.7. The number of rotatable bonds is 8. The Morgan fingerprint density at radius 2 is 2.00 bits per heavy atom. The Labute approximate surface area is 201 Å². The third-order valence-electron chi connectivity index (χ3n) is 6.52. The van der Waals surface area contributed by atoms with Crippen molar-refractivity contribution in [2.24, 2.45) is 0 Å². The zero-order chi connectivity index (χ0) is 24.2. The van der Waals surface area contributed by atoms with Gasteiger partial charge in [-0.1, -0.05) is 13.2 Å². The summed E-state index contributed by atoms with van der Waals surface area (Å²) in [7, 11) is 1.70. The van der Waals surface area contributed by atoms with Crippen molar-refractivity contribution < 1.29 is 4.74 Å². The minimum absolute atomic E-state index is 0.254. The molecule has 7 nitrogen and oxygen atoms in total. The fourth-order valence-corrected chi connectivity index (χ4v) is 4.59. The summed E-state index contributed by atoms with van der Waals surface area (Å²) in [5.41, 5.74) is 5.36. The van der Waals surface area contributed by atoms with E-state index in [1.54, 1.807) is 19.3 Å². The number of hydrogen-bond acceptors (Lipinski definition) is 7. The molecule has 2 fully saturated rings. The maximum atomic E-state index is 10.0. The molecule has 2 aliphatic rings. The highest BCUT2D eigenvalue weighted by Crippen LogP contribution is 2.45. The number of hydrogen-bond donors (Lipinski definition) is 0. The van der Waals surface area contributed by atoms with Gasteiger partial charge in [-0.2, -0.15) is 10.5 Å². The van der Waals surface area contributed by atoms with Crippen molar-refractivity contribution in [1.29, 1.82) is 10.5 Å². The molecule has 4 rings (SSSR count). The Morgan fingerprint density at radius 3 is 2.62 bits per heavy atom. The van der Waals surface area contributed by atoms with Crippen molar-refractivity contribution in [2.75, 3.05) is 38.3 Å². The molecule has 0 spiro atoms. The van der Waals surface area contributed by atoms with Crippen LogP contribution in [-0.2, 0) is 4.74 Å². The SMILES string of the molecule is C=Cc1cc(-c2cc(C#N)c(N3CCN(C(=C)CCOC)C(C)C3)nc2C2CC2)cc(C#N)n1. The van der Waals surface area contributed by atoms with E-state index in [0.717, 1.165) is 67.2 Å². The lowest BCUT2D eigenvalue weighted by molar-refractivity contribution is 0.177. The van der Waals surface area contributed by atoms with Gasteiger partial charge in [0.2, 0.25) is 0 Å². The predicted octanol–water partition coefficient (Wildman–Crippen LogP) is 4.47. The number of pyridine rings is 2. The van der Waals surface area contributed by atoms with Crippen LogP contribution in [-0.4, -0.2) is 54.3 Å². The lowest BCUT2D eigenvalue weighted by Gasteiger charge is -2.43. The molecule has 0 radical (unpaired) electrons. The van der Waals surface area contributed by atoms with Gasteiger partial charge in [-0.3, -0.25) is 0 Å². The molecular weight excluding hydrogens is 424 g/mol. The average Bonchev–Trinajstić information content (AvgIpc) is 3.71. The number of nitriles is 2. The average molecular weight is 455 g/mol. The van der Waals surface area contributed by atoms with E-state index in [-0.39, 0.29) is 6.04 Å². The van der Waals surface area contributed by atoms with Crippen molar-refractivity contribution in [2.45, 2.75) is 38.1 Å². The van der Waals surface area contributed by atoms with Crippen LogP contribution in [0.3, 0.4) is 0 Å². The second kappa shape index (κ2) is 10.1. The van der Waals surface area contributed by atoms with E-state index in [0.29, 0.717) is 29.5 Å². The van der Waals surface area contributed by atoms with E-state index in [1.807, 2.05) is 12.1 Å². The molecule has 0 aromatic carbocycles. The number of nitrogens with zero attached hydrogens (tertiary/aromatic N) is 6. The second-order valence-corrected chi connectivity index (χ2v) is 8.96. The van der Waals surface area contributed by atoms with E-state index >= 15 is 0 Å². The van der Waals surface area contributed by atoms with E-state index in [9.17, 15) is 10.5 Å². The van der Waals surface area contributed by atoms with Crippen LogP contribution < -0.4 is 4.90 Å². The molecule has 3 heterocycles. The fraction of sp³-hybridized carbons (Fsp3) is 0.407. The van der Waals surface area contributed by atoms with Crippen LogP contribution in [0, 0.1) is 22.7 Å². The molecule has 1 aliphatic carbocycles. The van der Waals surface area contributed by atoms with E-state index in [2.05, 4.69) is 47.0 Å². The van der Waals surface area contributed by atoms with Gasteiger partial charge >= 0.3 is 0 Å².